The molecule has 3 heterocycles. The van der Waals surface area contributed by atoms with E-state index in [9.17, 15) is 19.2 Å². The van der Waals surface area contributed by atoms with Gasteiger partial charge in [-0.2, -0.15) is 0 Å². The first-order valence-corrected chi connectivity index (χ1v) is 15.9. The molecule has 0 spiro atoms. The zero-order valence-corrected chi connectivity index (χ0v) is 25.9. The van der Waals surface area contributed by atoms with E-state index in [2.05, 4.69) is 0 Å². The van der Waals surface area contributed by atoms with Crippen molar-refractivity contribution >= 4 is 66.4 Å². The third-order valence-corrected chi connectivity index (χ3v) is 9.43. The van der Waals surface area contributed by atoms with Crippen molar-refractivity contribution in [1.82, 2.24) is 0 Å². The largest absolute Gasteiger partial charge is 0.490 e. The Balaban J connectivity index is 1.30. The fourth-order valence-corrected chi connectivity index (χ4v) is 6.64. The molecule has 0 bridgehead atoms. The molecular formula is C32H32O10S2. The molecule has 0 aliphatic carbocycles. The number of hydrogen-bond donors (Lipinski definition) is 2. The molecule has 0 radical (unpaired) electrons. The van der Waals surface area contributed by atoms with Gasteiger partial charge in [0.25, 0.3) is 0 Å². The van der Waals surface area contributed by atoms with Gasteiger partial charge >= 0.3 is 11.9 Å². The van der Waals surface area contributed by atoms with Crippen LogP contribution in [-0.2, 0) is 9.59 Å². The van der Waals surface area contributed by atoms with Crippen molar-refractivity contribution in [3.05, 3.63) is 46.2 Å². The number of carboxylic acids is 2. The Bertz CT molecular complexity index is 1510. The topological polar surface area (TPSA) is 146 Å². The number of carbonyl (C=O) groups excluding carboxylic acids is 2. The maximum absolute atomic E-state index is 12.7. The normalized spacial score (nSPS) is 15.3. The Kier molecular flexibility index (Phi) is 9.70. The van der Waals surface area contributed by atoms with Crippen molar-refractivity contribution in [2.24, 2.45) is 11.8 Å². The van der Waals surface area contributed by atoms with Gasteiger partial charge in [-0.1, -0.05) is 13.8 Å². The van der Waals surface area contributed by atoms with Gasteiger partial charge in [0.05, 0.1) is 48.0 Å². The third-order valence-electron chi connectivity index (χ3n) is 7.15. The molecule has 44 heavy (non-hydrogen) atoms. The number of ether oxygens (including phenoxy) is 4. The van der Waals surface area contributed by atoms with Crippen LogP contribution in [0.4, 0.5) is 0 Å². The minimum atomic E-state index is -1.00. The van der Waals surface area contributed by atoms with Crippen LogP contribution in [0.2, 0.25) is 0 Å². The standard InChI is InChI=1S/C32H32O10S2/c1-17(31(35)36)9-21(33)29-13-19-11-23-25(15-27(19)43-29)41-7-4-6-40-24-12-20-14-30(22(34)10-18(2)32(37)38)44-28(20)16-26(24)42-8-3-5-39-23/h11-18H,3-10H2,1-2H3,(H,35,36)(H,37,38)/t17-,18-/m0/s1. The van der Waals surface area contributed by atoms with Crippen LogP contribution in [-0.4, -0.2) is 60.1 Å². The van der Waals surface area contributed by atoms with Gasteiger partial charge in [0.15, 0.2) is 34.6 Å². The van der Waals surface area contributed by atoms with Crippen LogP contribution in [0.3, 0.4) is 0 Å². The van der Waals surface area contributed by atoms with E-state index in [-0.39, 0.29) is 24.4 Å². The molecule has 1 aliphatic heterocycles. The molecule has 0 fully saturated rings. The minimum absolute atomic E-state index is 0.0689. The molecule has 1 aliphatic rings. The maximum Gasteiger partial charge on any atom is 0.306 e. The van der Waals surface area contributed by atoms with Gasteiger partial charge in [-0.3, -0.25) is 19.2 Å². The van der Waals surface area contributed by atoms with Crippen molar-refractivity contribution < 1.29 is 48.3 Å². The molecule has 0 amide bonds. The Morgan fingerprint density at radius 2 is 0.955 bits per heavy atom. The molecular weight excluding hydrogens is 608 g/mol. The van der Waals surface area contributed by atoms with Crippen molar-refractivity contribution in [1.29, 1.82) is 0 Å². The van der Waals surface area contributed by atoms with E-state index in [4.69, 9.17) is 29.2 Å². The van der Waals surface area contributed by atoms with Crippen molar-refractivity contribution in [2.75, 3.05) is 26.4 Å². The van der Waals surface area contributed by atoms with Gasteiger partial charge < -0.3 is 29.2 Å². The number of benzene rings is 2. The van der Waals surface area contributed by atoms with Crippen LogP contribution < -0.4 is 18.9 Å². The molecule has 2 aromatic heterocycles. The SMILES string of the molecule is C[C@@H](CC(=O)c1cc2cc3c(cc2s1)OCCCOc1cc2cc(C(=O)C[C@H](C)C(=O)O)sc2cc1OCCCO3)C(=O)O. The van der Waals surface area contributed by atoms with Gasteiger partial charge in [-0.25, -0.2) is 0 Å². The molecule has 12 heteroatoms. The van der Waals surface area contributed by atoms with Gasteiger partial charge in [-0.05, 0) is 35.0 Å². The molecule has 10 nitrogen and oxygen atoms in total. The molecule has 4 aromatic rings. The molecule has 2 aromatic carbocycles. The zero-order chi connectivity index (χ0) is 31.4. The van der Waals surface area contributed by atoms with Crippen molar-refractivity contribution in [3.63, 3.8) is 0 Å². The van der Waals surface area contributed by atoms with E-state index in [1.807, 2.05) is 24.3 Å². The van der Waals surface area contributed by atoms with Gasteiger partial charge in [0, 0.05) is 47.2 Å². The molecule has 0 unspecified atom stereocenters. The summed E-state index contributed by atoms with van der Waals surface area (Å²) >= 11 is 2.60. The summed E-state index contributed by atoms with van der Waals surface area (Å²) in [7, 11) is 0. The summed E-state index contributed by atoms with van der Waals surface area (Å²) in [6, 6.07) is 10.9. The average Bonchev–Trinajstić information content (AvgIpc) is 3.59. The Hall–Kier alpha value is -4.16. The van der Waals surface area contributed by atoms with Crippen LogP contribution in [0, 0.1) is 11.8 Å². The van der Waals surface area contributed by atoms with Gasteiger partial charge in [-0.15, -0.1) is 22.7 Å². The summed E-state index contributed by atoms with van der Waals surface area (Å²) in [5.41, 5.74) is 0. The van der Waals surface area contributed by atoms with Gasteiger partial charge in [0.2, 0.25) is 0 Å². The molecule has 0 saturated heterocycles. The molecule has 2 N–H and O–H groups in total. The molecule has 2 atom stereocenters. The predicted molar refractivity (Wildman–Crippen MR) is 166 cm³/mol. The van der Waals surface area contributed by atoms with E-state index in [0.29, 0.717) is 72.0 Å². The second-order valence-corrected chi connectivity index (χ2v) is 12.9. The predicted octanol–water partition coefficient (Wildman–Crippen LogP) is 6.71. The lowest BCUT2D eigenvalue weighted by Crippen LogP contribution is -2.13. The lowest BCUT2D eigenvalue weighted by molar-refractivity contribution is -0.141. The van der Waals surface area contributed by atoms with Crippen LogP contribution in [0.15, 0.2) is 36.4 Å². The summed E-state index contributed by atoms with van der Waals surface area (Å²) in [4.78, 5) is 48.7. The smallest absolute Gasteiger partial charge is 0.306 e. The summed E-state index contributed by atoms with van der Waals surface area (Å²) in [5, 5.41) is 19.9. The number of aliphatic carboxylic acids is 2. The van der Waals surface area contributed by atoms with Gasteiger partial charge in [0.1, 0.15) is 0 Å². The fourth-order valence-electron chi connectivity index (χ4n) is 4.60. The Labute approximate surface area is 261 Å². The first kappa shape index (κ1) is 31.3. The highest BCUT2D eigenvalue weighted by Gasteiger charge is 2.22. The third kappa shape index (κ3) is 7.31. The number of ketones is 2. The minimum Gasteiger partial charge on any atom is -0.490 e. The zero-order valence-electron chi connectivity index (χ0n) is 24.3. The summed E-state index contributed by atoms with van der Waals surface area (Å²) < 4.78 is 26.0. The molecule has 5 rings (SSSR count). The van der Waals surface area contributed by atoms with Crippen LogP contribution in [0.25, 0.3) is 20.2 Å². The number of hydrogen-bond acceptors (Lipinski definition) is 10. The van der Waals surface area contributed by atoms with Crippen LogP contribution in [0.1, 0.15) is 58.9 Å². The molecule has 232 valence electrons. The Morgan fingerprint density at radius 1 is 0.614 bits per heavy atom. The highest BCUT2D eigenvalue weighted by Crippen LogP contribution is 2.39. The van der Waals surface area contributed by atoms with E-state index in [1.165, 1.54) is 36.5 Å². The highest BCUT2D eigenvalue weighted by molar-refractivity contribution is 7.21. The number of fused-ring (bicyclic) bond motifs is 4. The first-order chi connectivity index (χ1) is 21.1. The van der Waals surface area contributed by atoms with E-state index < -0.39 is 23.8 Å². The number of thiophene rings is 2. The quantitative estimate of drug-likeness (QED) is 0.199. The van der Waals surface area contributed by atoms with Crippen LogP contribution >= 0.6 is 22.7 Å². The summed E-state index contributed by atoms with van der Waals surface area (Å²) in [6.45, 7) is 4.39. The highest BCUT2D eigenvalue weighted by atomic mass is 32.1. The Morgan fingerprint density at radius 3 is 1.30 bits per heavy atom. The van der Waals surface area contributed by atoms with E-state index >= 15 is 0 Å². The maximum atomic E-state index is 12.7. The number of Topliss-reactive ketones (excluding diaryl/α,β-unsaturated/α-hetero) is 2. The second-order valence-electron chi connectivity index (χ2n) is 10.7. The van der Waals surface area contributed by atoms with Crippen molar-refractivity contribution in [3.8, 4) is 23.0 Å². The van der Waals surface area contributed by atoms with E-state index in [0.717, 1.165) is 20.2 Å². The number of rotatable bonds is 8. The summed E-state index contributed by atoms with van der Waals surface area (Å²) in [6.07, 6.45) is 0.967. The average molecular weight is 641 g/mol. The summed E-state index contributed by atoms with van der Waals surface area (Å²) in [5.74, 6) is -1.78. The lowest BCUT2D eigenvalue weighted by atomic mass is 10.0. The second kappa shape index (κ2) is 13.6. The monoisotopic (exact) mass is 640 g/mol. The first-order valence-electron chi connectivity index (χ1n) is 14.3. The lowest BCUT2D eigenvalue weighted by Gasteiger charge is -2.16. The molecule has 0 saturated carbocycles. The van der Waals surface area contributed by atoms with Crippen LogP contribution in [0.5, 0.6) is 23.0 Å². The van der Waals surface area contributed by atoms with Crippen molar-refractivity contribution in [2.45, 2.75) is 39.5 Å². The number of carboxylic acid groups (broad SMARTS) is 2. The fraction of sp³-hybridized carbons (Fsp3) is 0.375. The number of carbonyl (C=O) groups is 4. The van der Waals surface area contributed by atoms with E-state index in [1.54, 1.807) is 12.1 Å².